The number of hydrogen-bond donors (Lipinski definition) is 1. The smallest absolute Gasteiger partial charge is 0.248 e. The van der Waals surface area contributed by atoms with Crippen LogP contribution in [0.25, 0.3) is 0 Å². The van der Waals surface area contributed by atoms with Crippen molar-refractivity contribution in [2.24, 2.45) is 5.73 Å². The molecule has 1 amide bonds. The van der Waals surface area contributed by atoms with Crippen LogP contribution in [0, 0.1) is 13.8 Å². The van der Waals surface area contributed by atoms with Crippen molar-refractivity contribution in [2.75, 3.05) is 0 Å². The summed E-state index contributed by atoms with van der Waals surface area (Å²) in [6.45, 7) is 6.15. The first-order valence-electron chi connectivity index (χ1n) is 4.96. The highest BCUT2D eigenvalue weighted by molar-refractivity contribution is 5.94. The van der Waals surface area contributed by atoms with Crippen molar-refractivity contribution >= 4 is 5.91 Å². The van der Waals surface area contributed by atoms with Gasteiger partial charge in [-0.25, -0.2) is 0 Å². The second-order valence-corrected chi connectivity index (χ2v) is 3.64. The topological polar surface area (TPSA) is 43.1 Å². The molecule has 76 valence electrons. The van der Waals surface area contributed by atoms with Crippen molar-refractivity contribution in [1.29, 1.82) is 0 Å². The van der Waals surface area contributed by atoms with E-state index < -0.39 is 0 Å². The molecular weight excluding hydrogens is 174 g/mol. The minimum absolute atomic E-state index is 0.339. The van der Waals surface area contributed by atoms with Crippen LogP contribution in [0.15, 0.2) is 12.1 Å². The Labute approximate surface area is 85.1 Å². The van der Waals surface area contributed by atoms with Gasteiger partial charge in [0.1, 0.15) is 0 Å². The lowest BCUT2D eigenvalue weighted by molar-refractivity contribution is 0.0999. The summed E-state index contributed by atoms with van der Waals surface area (Å²) in [7, 11) is 0. The predicted molar refractivity (Wildman–Crippen MR) is 58.4 cm³/mol. The zero-order chi connectivity index (χ0) is 10.7. The Morgan fingerprint density at radius 2 is 1.93 bits per heavy atom. The van der Waals surface area contributed by atoms with Gasteiger partial charge in [0.2, 0.25) is 5.91 Å². The molecule has 0 aromatic heterocycles. The van der Waals surface area contributed by atoms with Crippen molar-refractivity contribution in [1.82, 2.24) is 0 Å². The first-order valence-corrected chi connectivity index (χ1v) is 4.96. The molecule has 0 radical (unpaired) electrons. The van der Waals surface area contributed by atoms with E-state index in [0.29, 0.717) is 5.56 Å². The van der Waals surface area contributed by atoms with Gasteiger partial charge in [-0.05, 0) is 43.0 Å². The number of nitrogens with two attached hydrogens (primary N) is 1. The second kappa shape index (κ2) is 4.27. The Hall–Kier alpha value is -1.31. The number of carbonyl (C=O) groups is 1. The van der Waals surface area contributed by atoms with Crippen LogP contribution >= 0.6 is 0 Å². The largest absolute Gasteiger partial charge is 0.366 e. The molecule has 1 aromatic carbocycles. The molecule has 0 atom stereocenters. The monoisotopic (exact) mass is 191 g/mol. The molecular formula is C12H17NO. The molecule has 0 fully saturated rings. The summed E-state index contributed by atoms with van der Waals surface area (Å²) in [5.41, 5.74) is 9.44. The number of hydrogen-bond acceptors (Lipinski definition) is 1. The maximum absolute atomic E-state index is 11.1. The first-order chi connectivity index (χ1) is 6.57. The van der Waals surface area contributed by atoms with Gasteiger partial charge in [0.05, 0.1) is 0 Å². The van der Waals surface area contributed by atoms with Crippen molar-refractivity contribution < 1.29 is 4.79 Å². The molecule has 0 spiro atoms. The number of carbonyl (C=O) groups excluding carboxylic acids is 1. The molecule has 0 saturated heterocycles. The fraction of sp³-hybridized carbons (Fsp3) is 0.417. The molecule has 0 aliphatic heterocycles. The van der Waals surface area contributed by atoms with Crippen molar-refractivity contribution in [3.8, 4) is 0 Å². The van der Waals surface area contributed by atoms with E-state index in [0.717, 1.165) is 18.4 Å². The lowest BCUT2D eigenvalue weighted by atomic mass is 9.95. The number of benzene rings is 1. The highest BCUT2D eigenvalue weighted by atomic mass is 16.1. The van der Waals surface area contributed by atoms with Crippen LogP contribution in [0.4, 0.5) is 0 Å². The van der Waals surface area contributed by atoms with Crippen molar-refractivity contribution in [2.45, 2.75) is 33.6 Å². The van der Waals surface area contributed by atoms with E-state index in [9.17, 15) is 4.79 Å². The minimum atomic E-state index is -0.339. The van der Waals surface area contributed by atoms with Crippen LogP contribution in [-0.4, -0.2) is 5.91 Å². The lowest BCUT2D eigenvalue weighted by Crippen LogP contribution is -2.13. The normalized spacial score (nSPS) is 10.2. The third-order valence-corrected chi connectivity index (χ3v) is 2.68. The van der Waals surface area contributed by atoms with Crippen LogP contribution in [0.2, 0.25) is 0 Å². The second-order valence-electron chi connectivity index (χ2n) is 3.64. The van der Waals surface area contributed by atoms with Crippen LogP contribution < -0.4 is 5.73 Å². The van der Waals surface area contributed by atoms with E-state index in [-0.39, 0.29) is 5.91 Å². The summed E-state index contributed by atoms with van der Waals surface area (Å²) in [6.07, 6.45) is 2.18. The van der Waals surface area contributed by atoms with Gasteiger partial charge in [0.15, 0.2) is 0 Å². The lowest BCUT2D eigenvalue weighted by Gasteiger charge is -2.10. The van der Waals surface area contributed by atoms with E-state index in [4.69, 9.17) is 5.73 Å². The number of amides is 1. The highest BCUT2D eigenvalue weighted by Crippen LogP contribution is 2.18. The summed E-state index contributed by atoms with van der Waals surface area (Å²) in [5, 5.41) is 0. The fourth-order valence-electron chi connectivity index (χ4n) is 1.68. The standard InChI is InChI=1S/C12H17NO/c1-4-5-10-6-7-11(12(13)14)9(3)8(10)2/h6-7H,4-5H2,1-3H3,(H2,13,14). The van der Waals surface area contributed by atoms with E-state index in [1.165, 1.54) is 11.1 Å². The quantitative estimate of drug-likeness (QED) is 0.783. The molecule has 0 unspecified atom stereocenters. The summed E-state index contributed by atoms with van der Waals surface area (Å²) < 4.78 is 0. The van der Waals surface area contributed by atoms with Gasteiger partial charge in [0, 0.05) is 5.56 Å². The molecule has 2 heteroatoms. The Bertz CT molecular complexity index is 356. The molecule has 1 aromatic rings. The van der Waals surface area contributed by atoms with Gasteiger partial charge in [-0.15, -0.1) is 0 Å². The fourth-order valence-corrected chi connectivity index (χ4v) is 1.68. The third-order valence-electron chi connectivity index (χ3n) is 2.68. The van der Waals surface area contributed by atoms with Crippen LogP contribution in [0.5, 0.6) is 0 Å². The Morgan fingerprint density at radius 1 is 1.29 bits per heavy atom. The zero-order valence-corrected chi connectivity index (χ0v) is 9.05. The average Bonchev–Trinajstić information content (AvgIpc) is 2.13. The van der Waals surface area contributed by atoms with Crippen molar-refractivity contribution in [3.63, 3.8) is 0 Å². The van der Waals surface area contributed by atoms with Gasteiger partial charge in [0.25, 0.3) is 0 Å². The van der Waals surface area contributed by atoms with E-state index in [2.05, 4.69) is 6.92 Å². The number of aryl methyl sites for hydroxylation is 1. The third kappa shape index (κ3) is 1.95. The summed E-state index contributed by atoms with van der Waals surface area (Å²) in [4.78, 5) is 11.1. The van der Waals surface area contributed by atoms with Gasteiger partial charge < -0.3 is 5.73 Å². The SMILES string of the molecule is CCCc1ccc(C(N)=O)c(C)c1C. The van der Waals surface area contributed by atoms with E-state index in [1.807, 2.05) is 26.0 Å². The molecule has 1 rings (SSSR count). The number of rotatable bonds is 3. The molecule has 0 aliphatic rings. The predicted octanol–water partition coefficient (Wildman–Crippen LogP) is 2.35. The molecule has 0 saturated carbocycles. The van der Waals surface area contributed by atoms with Crippen LogP contribution in [-0.2, 0) is 6.42 Å². The van der Waals surface area contributed by atoms with E-state index >= 15 is 0 Å². The van der Waals surface area contributed by atoms with Gasteiger partial charge >= 0.3 is 0 Å². The maximum Gasteiger partial charge on any atom is 0.248 e. The van der Waals surface area contributed by atoms with Crippen LogP contribution in [0.1, 0.15) is 40.4 Å². The molecule has 0 heterocycles. The van der Waals surface area contributed by atoms with Crippen LogP contribution in [0.3, 0.4) is 0 Å². The van der Waals surface area contributed by atoms with Gasteiger partial charge in [-0.3, -0.25) is 4.79 Å². The molecule has 0 bridgehead atoms. The molecule has 2 N–H and O–H groups in total. The Morgan fingerprint density at radius 3 is 2.43 bits per heavy atom. The van der Waals surface area contributed by atoms with Gasteiger partial charge in [-0.1, -0.05) is 19.4 Å². The minimum Gasteiger partial charge on any atom is -0.366 e. The van der Waals surface area contributed by atoms with Gasteiger partial charge in [-0.2, -0.15) is 0 Å². The summed E-state index contributed by atoms with van der Waals surface area (Å²) in [6, 6.07) is 3.83. The maximum atomic E-state index is 11.1. The Balaban J connectivity index is 3.19. The zero-order valence-electron chi connectivity index (χ0n) is 9.05. The summed E-state index contributed by atoms with van der Waals surface area (Å²) >= 11 is 0. The average molecular weight is 191 g/mol. The van der Waals surface area contributed by atoms with Crippen molar-refractivity contribution in [3.05, 3.63) is 34.4 Å². The first kappa shape index (κ1) is 10.8. The number of primary amides is 1. The van der Waals surface area contributed by atoms with E-state index in [1.54, 1.807) is 0 Å². The molecule has 14 heavy (non-hydrogen) atoms. The molecule has 0 aliphatic carbocycles. The molecule has 2 nitrogen and oxygen atoms in total. The Kier molecular flexibility index (Phi) is 3.28. The highest BCUT2D eigenvalue weighted by Gasteiger charge is 2.09. The summed E-state index contributed by atoms with van der Waals surface area (Å²) in [5.74, 6) is -0.339.